The van der Waals surface area contributed by atoms with Crippen LogP contribution in [0.3, 0.4) is 0 Å². The van der Waals surface area contributed by atoms with Crippen LogP contribution in [-0.2, 0) is 6.54 Å². The van der Waals surface area contributed by atoms with Crippen LogP contribution in [0.4, 0.5) is 0 Å². The van der Waals surface area contributed by atoms with Crippen LogP contribution < -0.4 is 5.32 Å². The summed E-state index contributed by atoms with van der Waals surface area (Å²) in [6.45, 7) is 1.52. The van der Waals surface area contributed by atoms with E-state index in [0.29, 0.717) is 0 Å². The summed E-state index contributed by atoms with van der Waals surface area (Å²) in [4.78, 5) is 16.2. The van der Waals surface area contributed by atoms with E-state index in [2.05, 4.69) is 10.3 Å². The summed E-state index contributed by atoms with van der Waals surface area (Å²) < 4.78 is 2.01. The van der Waals surface area contributed by atoms with Gasteiger partial charge in [0, 0.05) is 42.0 Å². The Balaban J connectivity index is 1.42. The molecule has 0 radical (unpaired) electrons. The fourth-order valence-electron chi connectivity index (χ4n) is 2.90. The molecule has 0 saturated heterocycles. The van der Waals surface area contributed by atoms with Gasteiger partial charge in [0.05, 0.1) is 6.33 Å². The number of nitrogens with zero attached hydrogens (tertiary/aromatic N) is 2. The normalized spacial score (nSPS) is 15.0. The van der Waals surface area contributed by atoms with E-state index >= 15 is 0 Å². The van der Waals surface area contributed by atoms with Gasteiger partial charge in [-0.05, 0) is 30.5 Å². The Morgan fingerprint density at radius 1 is 1.26 bits per heavy atom. The van der Waals surface area contributed by atoms with E-state index in [1.165, 1.54) is 25.7 Å². The van der Waals surface area contributed by atoms with Crippen LogP contribution >= 0.6 is 11.8 Å². The number of nitrogens with one attached hydrogen (secondary N) is 1. The van der Waals surface area contributed by atoms with E-state index in [0.717, 1.165) is 35.2 Å². The Labute approximate surface area is 141 Å². The molecule has 1 heterocycles. The number of carbonyl (C=O) groups excluding carboxylic acids is 1. The molecule has 1 aliphatic carbocycles. The second kappa shape index (κ2) is 8.20. The topological polar surface area (TPSA) is 46.9 Å². The summed E-state index contributed by atoms with van der Waals surface area (Å²) in [5.41, 5.74) is 1.89. The highest BCUT2D eigenvalue weighted by Gasteiger charge is 2.14. The van der Waals surface area contributed by atoms with Gasteiger partial charge in [-0.15, -0.1) is 0 Å². The number of thioether (sulfide) groups is 1. The molecule has 0 spiro atoms. The molecular weight excluding hydrogens is 306 g/mol. The third-order valence-electron chi connectivity index (χ3n) is 4.18. The van der Waals surface area contributed by atoms with Gasteiger partial charge in [0.2, 0.25) is 0 Å². The molecule has 0 atom stereocenters. The van der Waals surface area contributed by atoms with Crippen molar-refractivity contribution in [3.8, 4) is 0 Å². The molecule has 5 heteroatoms. The van der Waals surface area contributed by atoms with Crippen LogP contribution in [0.15, 0.2) is 43.0 Å². The lowest BCUT2D eigenvalue weighted by Crippen LogP contribution is -2.26. The fourth-order valence-corrected chi connectivity index (χ4v) is 4.12. The fraction of sp³-hybridized carbons (Fsp3) is 0.444. The van der Waals surface area contributed by atoms with Gasteiger partial charge >= 0.3 is 0 Å². The third kappa shape index (κ3) is 4.86. The molecule has 1 aromatic carbocycles. The molecule has 3 rings (SSSR count). The first-order valence-corrected chi connectivity index (χ1v) is 9.30. The molecule has 0 unspecified atom stereocenters. The van der Waals surface area contributed by atoms with Gasteiger partial charge in [-0.1, -0.05) is 25.0 Å². The summed E-state index contributed by atoms with van der Waals surface area (Å²) in [5, 5.41) is 3.83. The van der Waals surface area contributed by atoms with Crippen LogP contribution in [-0.4, -0.2) is 33.0 Å². The average molecular weight is 329 g/mol. The Kier molecular flexibility index (Phi) is 5.75. The van der Waals surface area contributed by atoms with Gasteiger partial charge in [-0.3, -0.25) is 4.79 Å². The maximum Gasteiger partial charge on any atom is 0.251 e. The number of amides is 1. The molecule has 0 bridgehead atoms. The minimum atomic E-state index is 0.0196. The first kappa shape index (κ1) is 16.1. The second-order valence-corrected chi connectivity index (χ2v) is 7.37. The van der Waals surface area contributed by atoms with Crippen molar-refractivity contribution >= 4 is 17.7 Å². The first-order valence-electron chi connectivity index (χ1n) is 8.26. The van der Waals surface area contributed by atoms with Crippen molar-refractivity contribution in [2.24, 2.45) is 0 Å². The predicted molar refractivity (Wildman–Crippen MR) is 94.8 cm³/mol. The van der Waals surface area contributed by atoms with Gasteiger partial charge in [-0.2, -0.15) is 11.8 Å². The van der Waals surface area contributed by atoms with Crippen LogP contribution in [0.25, 0.3) is 0 Å². The largest absolute Gasteiger partial charge is 0.351 e. The SMILES string of the molecule is O=C(NCCSC1CCCC1)c1ccc(Cn2ccnc2)cc1. The van der Waals surface area contributed by atoms with Gasteiger partial charge in [0.15, 0.2) is 0 Å². The molecule has 1 aromatic heterocycles. The molecule has 0 aliphatic heterocycles. The molecular formula is C18H23N3OS. The highest BCUT2D eigenvalue weighted by Crippen LogP contribution is 2.28. The van der Waals surface area contributed by atoms with Crippen molar-refractivity contribution in [1.82, 2.24) is 14.9 Å². The van der Waals surface area contributed by atoms with Crippen molar-refractivity contribution < 1.29 is 4.79 Å². The van der Waals surface area contributed by atoms with E-state index in [4.69, 9.17) is 0 Å². The number of rotatable bonds is 7. The molecule has 1 N–H and O–H groups in total. The lowest BCUT2D eigenvalue weighted by Gasteiger charge is -2.10. The summed E-state index contributed by atoms with van der Waals surface area (Å²) in [7, 11) is 0. The zero-order valence-corrected chi connectivity index (χ0v) is 14.1. The third-order valence-corrected chi connectivity index (χ3v) is 5.57. The van der Waals surface area contributed by atoms with Gasteiger partial charge < -0.3 is 9.88 Å². The van der Waals surface area contributed by atoms with E-state index < -0.39 is 0 Å². The molecule has 1 aliphatic rings. The summed E-state index contributed by atoms with van der Waals surface area (Å²) >= 11 is 2.00. The Bertz CT molecular complexity index is 604. The standard InChI is InChI=1S/C18H23N3OS/c22-18(20-10-12-23-17-3-1-2-4-17)16-7-5-15(6-8-16)13-21-11-9-19-14-21/h5-9,11,14,17H,1-4,10,12-13H2,(H,20,22). The molecule has 1 fully saturated rings. The number of benzene rings is 1. The Hall–Kier alpha value is -1.75. The maximum absolute atomic E-state index is 12.1. The van der Waals surface area contributed by atoms with E-state index in [1.54, 1.807) is 12.5 Å². The molecule has 1 saturated carbocycles. The van der Waals surface area contributed by atoms with Crippen LogP contribution in [0.1, 0.15) is 41.6 Å². The van der Waals surface area contributed by atoms with E-state index in [1.807, 2.05) is 46.8 Å². The maximum atomic E-state index is 12.1. The Morgan fingerprint density at radius 2 is 2.04 bits per heavy atom. The number of hydrogen-bond donors (Lipinski definition) is 1. The highest BCUT2D eigenvalue weighted by atomic mass is 32.2. The minimum Gasteiger partial charge on any atom is -0.351 e. The van der Waals surface area contributed by atoms with E-state index in [-0.39, 0.29) is 5.91 Å². The van der Waals surface area contributed by atoms with Crippen molar-refractivity contribution in [3.05, 3.63) is 54.1 Å². The lowest BCUT2D eigenvalue weighted by molar-refractivity contribution is 0.0956. The number of carbonyl (C=O) groups is 1. The van der Waals surface area contributed by atoms with Crippen molar-refractivity contribution in [2.75, 3.05) is 12.3 Å². The summed E-state index contributed by atoms with van der Waals surface area (Å²) in [6.07, 6.45) is 10.9. The quantitative estimate of drug-likeness (QED) is 0.793. The van der Waals surface area contributed by atoms with Crippen LogP contribution in [0.2, 0.25) is 0 Å². The first-order chi connectivity index (χ1) is 11.3. The smallest absolute Gasteiger partial charge is 0.251 e. The summed E-state index contributed by atoms with van der Waals surface area (Å²) in [5.74, 6) is 1.03. The van der Waals surface area contributed by atoms with Crippen LogP contribution in [0.5, 0.6) is 0 Å². The predicted octanol–water partition coefficient (Wildman–Crippen LogP) is 3.34. The minimum absolute atomic E-state index is 0.0196. The van der Waals surface area contributed by atoms with Crippen LogP contribution in [0, 0.1) is 0 Å². The van der Waals surface area contributed by atoms with Gasteiger partial charge in [0.25, 0.3) is 5.91 Å². The Morgan fingerprint density at radius 3 is 2.74 bits per heavy atom. The molecule has 1 amide bonds. The molecule has 2 aromatic rings. The number of aromatic nitrogens is 2. The van der Waals surface area contributed by atoms with E-state index in [9.17, 15) is 4.79 Å². The zero-order chi connectivity index (χ0) is 15.9. The zero-order valence-electron chi connectivity index (χ0n) is 13.3. The number of imidazole rings is 1. The molecule has 4 nitrogen and oxygen atoms in total. The van der Waals surface area contributed by atoms with Crippen molar-refractivity contribution in [2.45, 2.75) is 37.5 Å². The van der Waals surface area contributed by atoms with Crippen molar-refractivity contribution in [1.29, 1.82) is 0 Å². The molecule has 23 heavy (non-hydrogen) atoms. The second-order valence-electron chi connectivity index (χ2n) is 5.97. The average Bonchev–Trinajstić information content (AvgIpc) is 3.26. The highest BCUT2D eigenvalue weighted by molar-refractivity contribution is 7.99. The lowest BCUT2D eigenvalue weighted by atomic mass is 10.1. The monoisotopic (exact) mass is 329 g/mol. The van der Waals surface area contributed by atoms with Gasteiger partial charge in [0.1, 0.15) is 0 Å². The van der Waals surface area contributed by atoms with Gasteiger partial charge in [-0.25, -0.2) is 4.98 Å². The number of hydrogen-bond acceptors (Lipinski definition) is 3. The summed E-state index contributed by atoms with van der Waals surface area (Å²) in [6, 6.07) is 7.79. The molecule has 122 valence electrons. The van der Waals surface area contributed by atoms with Crippen molar-refractivity contribution in [3.63, 3.8) is 0 Å².